The largest absolute Gasteiger partial charge is 0.397 e. The molecule has 1 aliphatic carbocycles. The Morgan fingerprint density at radius 3 is 2.72 bits per heavy atom. The number of aromatic nitrogens is 2. The predicted molar refractivity (Wildman–Crippen MR) is 102 cm³/mol. The molecule has 2 aromatic heterocycles. The summed E-state index contributed by atoms with van der Waals surface area (Å²) in [7, 11) is 0. The van der Waals surface area contributed by atoms with Crippen LogP contribution in [-0.2, 0) is 9.59 Å². The molecule has 2 amide bonds. The van der Waals surface area contributed by atoms with E-state index >= 15 is 0 Å². The van der Waals surface area contributed by atoms with Crippen molar-refractivity contribution in [2.45, 2.75) is 38.8 Å². The van der Waals surface area contributed by atoms with Crippen molar-refractivity contribution in [3.63, 3.8) is 0 Å². The van der Waals surface area contributed by atoms with Crippen LogP contribution in [0.15, 0.2) is 18.3 Å². The zero-order valence-electron chi connectivity index (χ0n) is 15.9. The summed E-state index contributed by atoms with van der Waals surface area (Å²) in [5.74, 6) is -0.424. The van der Waals surface area contributed by atoms with Gasteiger partial charge >= 0.3 is 6.18 Å². The number of halogens is 3. The molecule has 3 heterocycles. The van der Waals surface area contributed by atoms with Crippen LogP contribution in [0.4, 0.5) is 19.0 Å². The Hall–Kier alpha value is -2.84. The molecule has 6 nitrogen and oxygen atoms in total. The zero-order chi connectivity index (χ0) is 20.8. The third-order valence-electron chi connectivity index (χ3n) is 5.37. The van der Waals surface area contributed by atoms with Crippen molar-refractivity contribution in [3.8, 4) is 0 Å². The highest BCUT2D eigenvalue weighted by Gasteiger charge is 2.34. The van der Waals surface area contributed by atoms with Gasteiger partial charge in [0.15, 0.2) is 0 Å². The fourth-order valence-corrected chi connectivity index (χ4v) is 3.68. The molecule has 29 heavy (non-hydrogen) atoms. The van der Waals surface area contributed by atoms with Crippen molar-refractivity contribution >= 4 is 34.2 Å². The monoisotopic (exact) mass is 406 g/mol. The molecule has 0 aromatic carbocycles. The van der Waals surface area contributed by atoms with E-state index in [1.165, 1.54) is 4.90 Å². The van der Waals surface area contributed by atoms with Crippen LogP contribution in [-0.4, -0.2) is 45.9 Å². The molecular weight excluding hydrogens is 385 g/mol. The summed E-state index contributed by atoms with van der Waals surface area (Å²) in [4.78, 5) is 32.9. The van der Waals surface area contributed by atoms with E-state index in [-0.39, 0.29) is 24.9 Å². The van der Waals surface area contributed by atoms with Gasteiger partial charge in [-0.25, -0.2) is 4.98 Å². The van der Waals surface area contributed by atoms with Crippen molar-refractivity contribution in [3.05, 3.63) is 29.5 Å². The molecule has 154 valence electrons. The first-order chi connectivity index (χ1) is 13.7. The van der Waals surface area contributed by atoms with E-state index in [2.05, 4.69) is 15.3 Å². The van der Waals surface area contributed by atoms with Crippen molar-refractivity contribution < 1.29 is 22.8 Å². The molecule has 0 spiro atoms. The van der Waals surface area contributed by atoms with Crippen molar-refractivity contribution in [2.24, 2.45) is 5.92 Å². The number of amides is 2. The number of hydrogen-bond acceptors (Lipinski definition) is 3. The maximum Gasteiger partial charge on any atom is 0.397 e. The molecule has 1 aliphatic heterocycles. The van der Waals surface area contributed by atoms with Crippen LogP contribution >= 0.6 is 0 Å². The first-order valence-electron chi connectivity index (χ1n) is 9.55. The van der Waals surface area contributed by atoms with Gasteiger partial charge in [-0.2, -0.15) is 13.2 Å². The summed E-state index contributed by atoms with van der Waals surface area (Å²) in [6.07, 6.45) is -0.192. The highest BCUT2D eigenvalue weighted by Crippen LogP contribution is 2.36. The van der Waals surface area contributed by atoms with Gasteiger partial charge < -0.3 is 15.2 Å². The fraction of sp³-hybridized carbons (Fsp3) is 0.450. The maximum atomic E-state index is 12.5. The lowest BCUT2D eigenvalue weighted by Crippen LogP contribution is -2.37. The number of rotatable bonds is 4. The van der Waals surface area contributed by atoms with E-state index in [1.807, 2.05) is 13.0 Å². The Kier molecular flexibility index (Phi) is 4.84. The Morgan fingerprint density at radius 2 is 2.10 bits per heavy atom. The Bertz CT molecular complexity index is 1010. The van der Waals surface area contributed by atoms with Gasteiger partial charge in [-0.3, -0.25) is 9.59 Å². The van der Waals surface area contributed by atoms with E-state index in [1.54, 1.807) is 12.3 Å². The van der Waals surface area contributed by atoms with Gasteiger partial charge in [0.25, 0.3) is 0 Å². The van der Waals surface area contributed by atoms with Crippen molar-refractivity contribution in [2.75, 3.05) is 18.4 Å². The second-order valence-electron chi connectivity index (χ2n) is 7.57. The standard InChI is InChI=1S/C20H21F3N4O2/c1-11-16(12-5-8-27(9-6-12)15(28)10-20(21,22)23)14-4-7-24-18(14)25-17(11)26-19(29)13-2-3-13/h4-5,7,13H,2-3,6,8-10H2,1H3,(H2,24,25,26,29). The molecule has 0 saturated heterocycles. The number of fused-ring (bicyclic) bond motifs is 1. The molecule has 0 bridgehead atoms. The number of hydrogen-bond donors (Lipinski definition) is 2. The number of anilines is 1. The average Bonchev–Trinajstić information content (AvgIpc) is 3.41. The second kappa shape index (κ2) is 7.20. The third kappa shape index (κ3) is 4.13. The molecule has 2 aromatic rings. The van der Waals surface area contributed by atoms with Gasteiger partial charge in [0.2, 0.25) is 11.8 Å². The van der Waals surface area contributed by atoms with E-state index in [0.717, 1.165) is 34.9 Å². The molecule has 0 radical (unpaired) electrons. The third-order valence-corrected chi connectivity index (χ3v) is 5.37. The summed E-state index contributed by atoms with van der Waals surface area (Å²) in [5, 5.41) is 3.78. The minimum atomic E-state index is -4.51. The molecule has 2 aliphatic rings. The number of pyridine rings is 1. The fourth-order valence-electron chi connectivity index (χ4n) is 3.68. The molecule has 0 atom stereocenters. The lowest BCUT2D eigenvalue weighted by molar-refractivity contribution is -0.161. The highest BCUT2D eigenvalue weighted by atomic mass is 19.4. The van der Waals surface area contributed by atoms with E-state index in [9.17, 15) is 22.8 Å². The van der Waals surface area contributed by atoms with Crippen LogP contribution in [0, 0.1) is 12.8 Å². The van der Waals surface area contributed by atoms with Crippen LogP contribution < -0.4 is 5.32 Å². The van der Waals surface area contributed by atoms with Crippen molar-refractivity contribution in [1.29, 1.82) is 0 Å². The molecular formula is C20H21F3N4O2. The molecule has 1 saturated carbocycles. The van der Waals surface area contributed by atoms with Crippen LogP contribution in [0.3, 0.4) is 0 Å². The zero-order valence-corrected chi connectivity index (χ0v) is 15.9. The van der Waals surface area contributed by atoms with Crippen LogP contribution in [0.2, 0.25) is 0 Å². The number of carbonyl (C=O) groups is 2. The molecule has 1 fully saturated rings. The summed E-state index contributed by atoms with van der Waals surface area (Å²) in [5.41, 5.74) is 3.29. The van der Waals surface area contributed by atoms with Crippen LogP contribution in [0.25, 0.3) is 16.6 Å². The lowest BCUT2D eigenvalue weighted by Gasteiger charge is -2.28. The van der Waals surface area contributed by atoms with Crippen molar-refractivity contribution in [1.82, 2.24) is 14.9 Å². The topological polar surface area (TPSA) is 78.1 Å². The number of H-pyrrole nitrogens is 1. The number of alkyl halides is 3. The first-order valence-corrected chi connectivity index (χ1v) is 9.55. The maximum absolute atomic E-state index is 12.5. The number of aromatic amines is 1. The predicted octanol–water partition coefficient (Wildman–Crippen LogP) is 3.79. The van der Waals surface area contributed by atoms with E-state index < -0.39 is 18.5 Å². The van der Waals surface area contributed by atoms with Gasteiger partial charge in [-0.15, -0.1) is 0 Å². The molecule has 9 heteroatoms. The molecule has 0 unspecified atom stereocenters. The van der Waals surface area contributed by atoms with Crippen LogP contribution in [0.1, 0.15) is 36.8 Å². The molecule has 2 N–H and O–H groups in total. The molecule has 4 rings (SSSR count). The summed E-state index contributed by atoms with van der Waals surface area (Å²) in [6.45, 7) is 2.22. The normalized spacial score (nSPS) is 17.4. The summed E-state index contributed by atoms with van der Waals surface area (Å²) >= 11 is 0. The first kappa shape index (κ1) is 19.5. The van der Waals surface area contributed by atoms with Gasteiger partial charge in [-0.05, 0) is 43.4 Å². The quantitative estimate of drug-likeness (QED) is 0.811. The van der Waals surface area contributed by atoms with Gasteiger partial charge in [-0.1, -0.05) is 6.08 Å². The van der Waals surface area contributed by atoms with E-state index in [4.69, 9.17) is 0 Å². The number of nitrogens with one attached hydrogen (secondary N) is 2. The summed E-state index contributed by atoms with van der Waals surface area (Å²) in [6, 6.07) is 1.89. The Balaban J connectivity index is 1.61. The summed E-state index contributed by atoms with van der Waals surface area (Å²) < 4.78 is 37.5. The van der Waals surface area contributed by atoms with Gasteiger partial charge in [0.05, 0.1) is 0 Å². The lowest BCUT2D eigenvalue weighted by atomic mass is 9.93. The second-order valence-corrected chi connectivity index (χ2v) is 7.57. The number of carbonyl (C=O) groups excluding carboxylic acids is 2. The Morgan fingerprint density at radius 1 is 1.34 bits per heavy atom. The SMILES string of the molecule is Cc1c(NC(=O)C2CC2)nc2[nH]ccc2c1C1=CCN(C(=O)CC(F)(F)F)CC1. The minimum Gasteiger partial charge on any atom is -0.346 e. The average molecular weight is 406 g/mol. The smallest absolute Gasteiger partial charge is 0.346 e. The van der Waals surface area contributed by atoms with Gasteiger partial charge in [0.1, 0.15) is 17.9 Å². The minimum absolute atomic E-state index is 0.0426. The highest BCUT2D eigenvalue weighted by molar-refractivity contribution is 5.99. The number of nitrogens with zero attached hydrogens (tertiary/aromatic N) is 2. The Labute approximate surface area is 165 Å². The van der Waals surface area contributed by atoms with Gasteiger partial charge in [0, 0.05) is 36.2 Å². The van der Waals surface area contributed by atoms with Crippen LogP contribution in [0.5, 0.6) is 0 Å². The van der Waals surface area contributed by atoms with E-state index in [0.29, 0.717) is 17.9 Å².